The third-order valence-corrected chi connectivity index (χ3v) is 7.94. The average molecular weight is 483 g/mol. The largest absolute Gasteiger partial charge is 0.465 e. The summed E-state index contributed by atoms with van der Waals surface area (Å²) in [5.41, 5.74) is -0.106. The minimum atomic E-state index is -1.31. The molecule has 184 valence electrons. The second kappa shape index (κ2) is 10.5. The minimum absolute atomic E-state index is 0.0672. The molecule has 2 aromatic rings. The van der Waals surface area contributed by atoms with E-state index in [1.54, 1.807) is 4.57 Å². The normalized spacial score (nSPS) is 19.3. The Bertz CT molecular complexity index is 990. The summed E-state index contributed by atoms with van der Waals surface area (Å²) in [6.07, 6.45) is 4.19. The molecule has 7 nitrogen and oxygen atoms in total. The molecule has 1 heterocycles. The van der Waals surface area contributed by atoms with Gasteiger partial charge in [0.25, 0.3) is 0 Å². The number of carbonyl (C=O) groups is 1. The first kappa shape index (κ1) is 25.6. The topological polar surface area (TPSA) is 68.6 Å². The Labute approximate surface area is 195 Å². The van der Waals surface area contributed by atoms with Gasteiger partial charge < -0.3 is 19.7 Å². The van der Waals surface area contributed by atoms with Crippen LogP contribution in [0.15, 0.2) is 6.07 Å². The first-order valence-corrected chi connectivity index (χ1v) is 15.2. The van der Waals surface area contributed by atoms with Gasteiger partial charge in [0.15, 0.2) is 11.6 Å². The van der Waals surface area contributed by atoms with Gasteiger partial charge in [0.1, 0.15) is 12.2 Å². The molecule has 0 radical (unpaired) electrons. The van der Waals surface area contributed by atoms with Gasteiger partial charge in [-0.25, -0.2) is 18.6 Å². The molecule has 1 aromatic carbocycles. The number of methoxy groups -OCH3 is 1. The molecule has 0 saturated heterocycles. The van der Waals surface area contributed by atoms with Crippen molar-refractivity contribution in [3.63, 3.8) is 0 Å². The molecular weight excluding hydrogens is 446 g/mol. The number of esters is 1. The Morgan fingerprint density at radius 1 is 1.27 bits per heavy atom. The number of nitrogens with one attached hydrogen (secondary N) is 1. The molecule has 10 heteroatoms. The fourth-order valence-electron chi connectivity index (χ4n) is 4.35. The van der Waals surface area contributed by atoms with Crippen molar-refractivity contribution in [2.45, 2.75) is 70.2 Å². The highest BCUT2D eigenvalue weighted by molar-refractivity contribution is 6.76. The second-order valence-electron chi connectivity index (χ2n) is 10.2. The maximum Gasteiger partial charge on any atom is 0.340 e. The number of rotatable bonds is 9. The fraction of sp³-hybridized carbons (Fsp3) is 0.652. The van der Waals surface area contributed by atoms with Gasteiger partial charge in [-0.3, -0.25) is 4.57 Å². The molecule has 1 aliphatic carbocycles. The Balaban J connectivity index is 2.05. The van der Waals surface area contributed by atoms with E-state index in [1.165, 1.54) is 7.11 Å². The van der Waals surface area contributed by atoms with E-state index < -0.39 is 25.7 Å². The van der Waals surface area contributed by atoms with Crippen molar-refractivity contribution < 1.29 is 23.0 Å². The summed E-state index contributed by atoms with van der Waals surface area (Å²) in [7, 11) is 3.98. The predicted molar refractivity (Wildman–Crippen MR) is 128 cm³/mol. The Kier molecular flexibility index (Phi) is 8.12. The first-order chi connectivity index (χ1) is 15.5. The highest BCUT2D eigenvalue weighted by Gasteiger charge is 2.30. The van der Waals surface area contributed by atoms with Crippen molar-refractivity contribution >= 4 is 31.0 Å². The van der Waals surface area contributed by atoms with Crippen LogP contribution >= 0.6 is 0 Å². The second-order valence-corrected chi connectivity index (χ2v) is 15.8. The zero-order chi connectivity index (χ0) is 24.3. The lowest BCUT2D eigenvalue weighted by Gasteiger charge is -2.36. The molecule has 2 atom stereocenters. The molecular formula is C23H36F2N4O3Si. The van der Waals surface area contributed by atoms with Crippen LogP contribution < -0.4 is 5.32 Å². The lowest BCUT2D eigenvalue weighted by Crippen LogP contribution is -2.45. The van der Waals surface area contributed by atoms with Gasteiger partial charge in [0.2, 0.25) is 5.95 Å². The smallest absolute Gasteiger partial charge is 0.340 e. The molecule has 0 aliphatic heterocycles. The lowest BCUT2D eigenvalue weighted by molar-refractivity contribution is 0.0600. The Morgan fingerprint density at radius 3 is 2.61 bits per heavy atom. The Morgan fingerprint density at radius 2 is 1.97 bits per heavy atom. The summed E-state index contributed by atoms with van der Waals surface area (Å²) in [4.78, 5) is 19.0. The summed E-state index contributed by atoms with van der Waals surface area (Å²) in [5.74, 6) is -2.61. The SMILES string of the molecule is COC(=O)c1cc(F)c(F)c2nc(NC3CCCC[C@H]3N(C)C)n(COCC[Si](C)(C)C)c12. The molecule has 1 unspecified atom stereocenters. The van der Waals surface area contributed by atoms with Crippen LogP contribution in [-0.4, -0.2) is 68.4 Å². The van der Waals surface area contributed by atoms with Gasteiger partial charge in [-0.2, -0.15) is 0 Å². The van der Waals surface area contributed by atoms with E-state index in [-0.39, 0.29) is 35.4 Å². The number of benzene rings is 1. The van der Waals surface area contributed by atoms with Gasteiger partial charge >= 0.3 is 5.97 Å². The first-order valence-electron chi connectivity index (χ1n) is 11.5. The zero-order valence-corrected chi connectivity index (χ0v) is 21.5. The summed E-state index contributed by atoms with van der Waals surface area (Å²) >= 11 is 0. The number of hydrogen-bond acceptors (Lipinski definition) is 6. The van der Waals surface area contributed by atoms with E-state index in [9.17, 15) is 13.6 Å². The van der Waals surface area contributed by atoms with Crippen molar-refractivity contribution in [1.29, 1.82) is 0 Å². The number of fused-ring (bicyclic) bond motifs is 1. The number of halogens is 2. The van der Waals surface area contributed by atoms with E-state index in [0.717, 1.165) is 37.8 Å². The minimum Gasteiger partial charge on any atom is -0.465 e. The number of nitrogens with zero attached hydrogens (tertiary/aromatic N) is 3. The van der Waals surface area contributed by atoms with Crippen LogP contribution in [0.4, 0.5) is 14.7 Å². The predicted octanol–water partition coefficient (Wildman–Crippen LogP) is 4.70. The van der Waals surface area contributed by atoms with E-state index in [4.69, 9.17) is 9.47 Å². The summed E-state index contributed by atoms with van der Waals surface area (Å²) in [6.45, 7) is 7.38. The third kappa shape index (κ3) is 5.91. The number of imidazole rings is 1. The maximum atomic E-state index is 14.8. The quantitative estimate of drug-likeness (QED) is 0.318. The van der Waals surface area contributed by atoms with Crippen LogP contribution in [0, 0.1) is 11.6 Å². The standard InChI is InChI=1S/C23H36F2N4O3Si/c1-28(2)18-10-8-7-9-17(18)26-23-27-20-19(25)16(24)13-15(22(30)31-3)21(20)29(23)14-32-11-12-33(4,5)6/h13,17-18H,7-12,14H2,1-6H3,(H,26,27)/t17?,18-/m1/s1. The summed E-state index contributed by atoms with van der Waals surface area (Å²) in [5, 5.41) is 3.46. The molecule has 1 fully saturated rings. The van der Waals surface area contributed by atoms with Crippen molar-refractivity contribution in [2.75, 3.05) is 33.1 Å². The summed E-state index contributed by atoms with van der Waals surface area (Å²) in [6, 6.07) is 2.19. The molecule has 1 saturated carbocycles. The van der Waals surface area contributed by atoms with Gasteiger partial charge in [-0.1, -0.05) is 32.5 Å². The van der Waals surface area contributed by atoms with Gasteiger partial charge in [0, 0.05) is 26.8 Å². The molecule has 3 rings (SSSR count). The molecule has 1 aliphatic rings. The van der Waals surface area contributed by atoms with Crippen molar-refractivity contribution in [1.82, 2.24) is 14.5 Å². The molecule has 0 spiro atoms. The highest BCUT2D eigenvalue weighted by Crippen LogP contribution is 2.31. The van der Waals surface area contributed by atoms with Crippen LogP contribution in [-0.2, 0) is 16.2 Å². The van der Waals surface area contributed by atoms with Crippen LogP contribution in [0.3, 0.4) is 0 Å². The monoisotopic (exact) mass is 482 g/mol. The van der Waals surface area contributed by atoms with E-state index >= 15 is 0 Å². The number of carbonyl (C=O) groups excluding carboxylic acids is 1. The summed E-state index contributed by atoms with van der Waals surface area (Å²) < 4.78 is 41.5. The van der Waals surface area contributed by atoms with Gasteiger partial charge in [-0.15, -0.1) is 0 Å². The van der Waals surface area contributed by atoms with Crippen LogP contribution in [0.1, 0.15) is 36.0 Å². The van der Waals surface area contributed by atoms with E-state index in [2.05, 4.69) is 34.8 Å². The number of hydrogen-bond donors (Lipinski definition) is 1. The molecule has 0 amide bonds. The van der Waals surface area contributed by atoms with Crippen LogP contribution in [0.2, 0.25) is 25.7 Å². The fourth-order valence-corrected chi connectivity index (χ4v) is 5.11. The average Bonchev–Trinajstić information content (AvgIpc) is 3.11. The third-order valence-electron chi connectivity index (χ3n) is 6.24. The Hall–Kier alpha value is -2.04. The molecule has 0 bridgehead atoms. The van der Waals surface area contributed by atoms with Crippen molar-refractivity contribution in [2.24, 2.45) is 0 Å². The molecule has 33 heavy (non-hydrogen) atoms. The van der Waals surface area contributed by atoms with Crippen LogP contribution in [0.25, 0.3) is 11.0 Å². The number of aromatic nitrogens is 2. The zero-order valence-electron chi connectivity index (χ0n) is 20.5. The van der Waals surface area contributed by atoms with Crippen molar-refractivity contribution in [3.05, 3.63) is 23.3 Å². The van der Waals surface area contributed by atoms with Crippen molar-refractivity contribution in [3.8, 4) is 0 Å². The van der Waals surface area contributed by atoms with Gasteiger partial charge in [0.05, 0.1) is 18.2 Å². The lowest BCUT2D eigenvalue weighted by atomic mass is 9.89. The molecule has 1 N–H and O–H groups in total. The number of likely N-dealkylation sites (N-methyl/N-ethyl adjacent to an activating group) is 1. The highest BCUT2D eigenvalue weighted by atomic mass is 28.3. The number of ether oxygens (including phenoxy) is 2. The van der Waals surface area contributed by atoms with E-state index in [1.807, 2.05) is 14.1 Å². The maximum absolute atomic E-state index is 14.8. The molecule has 1 aromatic heterocycles. The number of anilines is 1. The van der Waals surface area contributed by atoms with Crippen LogP contribution in [0.5, 0.6) is 0 Å². The van der Waals surface area contributed by atoms with Gasteiger partial charge in [-0.05, 0) is 39.0 Å². The van der Waals surface area contributed by atoms with E-state index in [0.29, 0.717) is 12.6 Å².